The van der Waals surface area contributed by atoms with Crippen LogP contribution >= 0.6 is 0 Å². The molecule has 0 aromatic heterocycles. The first-order valence-electron chi connectivity index (χ1n) is 6.03. The van der Waals surface area contributed by atoms with Crippen molar-refractivity contribution >= 4 is 11.7 Å². The predicted octanol–water partition coefficient (Wildman–Crippen LogP) is 1.29. The van der Waals surface area contributed by atoms with Gasteiger partial charge in [-0.05, 0) is 24.6 Å². The van der Waals surface area contributed by atoms with Crippen LogP contribution in [-0.2, 0) is 0 Å². The molecule has 1 rings (SSSR count). The van der Waals surface area contributed by atoms with Crippen LogP contribution in [0.25, 0.3) is 0 Å². The van der Waals surface area contributed by atoms with E-state index in [0.29, 0.717) is 17.9 Å². The summed E-state index contributed by atoms with van der Waals surface area (Å²) in [5.74, 6) is 0.424. The summed E-state index contributed by atoms with van der Waals surface area (Å²) in [6.45, 7) is 2.69. The topological polar surface area (TPSA) is 88.2 Å². The van der Waals surface area contributed by atoms with E-state index in [9.17, 15) is 4.79 Å². The fourth-order valence-electron chi connectivity index (χ4n) is 1.51. The van der Waals surface area contributed by atoms with E-state index in [2.05, 4.69) is 5.16 Å². The van der Waals surface area contributed by atoms with E-state index in [1.54, 1.807) is 31.3 Å². The zero-order valence-corrected chi connectivity index (χ0v) is 11.2. The van der Waals surface area contributed by atoms with Crippen molar-refractivity contribution in [2.75, 3.05) is 20.2 Å². The summed E-state index contributed by atoms with van der Waals surface area (Å²) >= 11 is 0. The number of oxime groups is 1. The number of nitrogens with two attached hydrogens (primary N) is 1. The average Bonchev–Trinajstić information content (AvgIpc) is 2.44. The lowest BCUT2D eigenvalue weighted by molar-refractivity contribution is 0.0813. The maximum absolute atomic E-state index is 12.1. The number of amides is 1. The molecule has 0 fully saturated rings. The third-order valence-electron chi connectivity index (χ3n) is 2.43. The van der Waals surface area contributed by atoms with E-state index in [4.69, 9.17) is 15.7 Å². The number of rotatable bonds is 6. The molecule has 104 valence electrons. The number of likely N-dealkylation sites (N-methyl/N-ethyl adjacent to an activating group) is 1. The van der Waals surface area contributed by atoms with Crippen molar-refractivity contribution in [3.8, 4) is 5.75 Å². The number of benzene rings is 1. The van der Waals surface area contributed by atoms with E-state index in [-0.39, 0.29) is 18.3 Å². The number of carbonyl (C=O) groups excluding carboxylic acids is 1. The molecule has 1 aromatic carbocycles. The van der Waals surface area contributed by atoms with Crippen LogP contribution in [0.4, 0.5) is 0 Å². The largest absolute Gasteiger partial charge is 0.494 e. The van der Waals surface area contributed by atoms with E-state index < -0.39 is 0 Å². The Morgan fingerprint density at radius 1 is 1.53 bits per heavy atom. The molecule has 19 heavy (non-hydrogen) atoms. The van der Waals surface area contributed by atoms with Crippen molar-refractivity contribution in [2.45, 2.75) is 13.3 Å². The summed E-state index contributed by atoms with van der Waals surface area (Å²) < 4.78 is 5.47. The lowest BCUT2D eigenvalue weighted by Gasteiger charge is -2.16. The van der Waals surface area contributed by atoms with Gasteiger partial charge >= 0.3 is 0 Å². The Hall–Kier alpha value is -2.24. The average molecular weight is 265 g/mol. The highest BCUT2D eigenvalue weighted by molar-refractivity contribution is 5.97. The molecule has 3 N–H and O–H groups in total. The monoisotopic (exact) mass is 265 g/mol. The van der Waals surface area contributed by atoms with E-state index in [0.717, 1.165) is 6.42 Å². The minimum absolute atomic E-state index is 0.0192. The van der Waals surface area contributed by atoms with Crippen LogP contribution in [0.2, 0.25) is 0 Å². The van der Waals surface area contributed by atoms with Gasteiger partial charge in [0.1, 0.15) is 5.75 Å². The summed E-state index contributed by atoms with van der Waals surface area (Å²) in [4.78, 5) is 13.5. The molecule has 0 saturated heterocycles. The first-order chi connectivity index (χ1) is 9.08. The van der Waals surface area contributed by atoms with Gasteiger partial charge in [-0.15, -0.1) is 0 Å². The van der Waals surface area contributed by atoms with Crippen molar-refractivity contribution in [1.82, 2.24) is 4.90 Å². The molecule has 0 spiro atoms. The van der Waals surface area contributed by atoms with Crippen molar-refractivity contribution in [2.24, 2.45) is 10.9 Å². The molecular weight excluding hydrogens is 246 g/mol. The van der Waals surface area contributed by atoms with Gasteiger partial charge in [-0.2, -0.15) is 0 Å². The Bertz CT molecular complexity index is 460. The predicted molar refractivity (Wildman–Crippen MR) is 72.6 cm³/mol. The van der Waals surface area contributed by atoms with Crippen LogP contribution in [-0.4, -0.2) is 42.0 Å². The van der Waals surface area contributed by atoms with Crippen LogP contribution in [0.3, 0.4) is 0 Å². The maximum atomic E-state index is 12.1. The summed E-state index contributed by atoms with van der Waals surface area (Å²) in [6, 6.07) is 6.94. The number of amidine groups is 1. The minimum atomic E-state index is -0.214. The van der Waals surface area contributed by atoms with E-state index in [1.165, 1.54) is 4.90 Å². The fraction of sp³-hybridized carbons (Fsp3) is 0.385. The second kappa shape index (κ2) is 7.25. The molecule has 6 heteroatoms. The van der Waals surface area contributed by atoms with Gasteiger partial charge in [0.25, 0.3) is 5.91 Å². The Kier molecular flexibility index (Phi) is 5.66. The van der Waals surface area contributed by atoms with Gasteiger partial charge in [0.05, 0.1) is 13.2 Å². The smallest absolute Gasteiger partial charge is 0.254 e. The number of hydrogen-bond acceptors (Lipinski definition) is 4. The van der Waals surface area contributed by atoms with Gasteiger partial charge < -0.3 is 20.6 Å². The Labute approximate surface area is 112 Å². The quantitative estimate of drug-likeness (QED) is 0.351. The summed E-state index contributed by atoms with van der Waals surface area (Å²) in [6.07, 6.45) is 0.904. The molecule has 6 nitrogen and oxygen atoms in total. The third-order valence-corrected chi connectivity index (χ3v) is 2.43. The van der Waals surface area contributed by atoms with Crippen molar-refractivity contribution in [3.05, 3.63) is 29.8 Å². The van der Waals surface area contributed by atoms with Crippen molar-refractivity contribution in [1.29, 1.82) is 0 Å². The Morgan fingerprint density at radius 3 is 2.89 bits per heavy atom. The molecule has 0 atom stereocenters. The lowest BCUT2D eigenvalue weighted by Crippen LogP contribution is -2.35. The summed E-state index contributed by atoms with van der Waals surface area (Å²) in [5.41, 5.74) is 5.87. The van der Waals surface area contributed by atoms with Crippen LogP contribution < -0.4 is 10.5 Å². The molecule has 0 unspecified atom stereocenters. The Balaban J connectivity index is 2.76. The highest BCUT2D eigenvalue weighted by Crippen LogP contribution is 2.14. The summed E-state index contributed by atoms with van der Waals surface area (Å²) in [7, 11) is 1.58. The first-order valence-corrected chi connectivity index (χ1v) is 6.03. The molecule has 1 amide bonds. The first kappa shape index (κ1) is 14.8. The molecule has 0 aliphatic carbocycles. The number of carbonyl (C=O) groups is 1. The van der Waals surface area contributed by atoms with Gasteiger partial charge in [0, 0.05) is 12.6 Å². The van der Waals surface area contributed by atoms with Crippen molar-refractivity contribution < 1.29 is 14.7 Å². The third kappa shape index (κ3) is 4.50. The summed E-state index contributed by atoms with van der Waals surface area (Å²) in [5, 5.41) is 11.3. The molecular formula is C13H19N3O3. The fourth-order valence-corrected chi connectivity index (χ4v) is 1.51. The lowest BCUT2D eigenvalue weighted by atomic mass is 10.2. The molecule has 0 radical (unpaired) electrons. The van der Waals surface area contributed by atoms with Gasteiger partial charge in [0.2, 0.25) is 0 Å². The van der Waals surface area contributed by atoms with Gasteiger partial charge in [0.15, 0.2) is 5.84 Å². The van der Waals surface area contributed by atoms with Crippen LogP contribution in [0.15, 0.2) is 29.4 Å². The molecule has 0 aliphatic rings. The van der Waals surface area contributed by atoms with Crippen molar-refractivity contribution in [3.63, 3.8) is 0 Å². The molecule has 0 aliphatic heterocycles. The zero-order valence-electron chi connectivity index (χ0n) is 11.2. The van der Waals surface area contributed by atoms with Gasteiger partial charge in [-0.25, -0.2) is 0 Å². The zero-order chi connectivity index (χ0) is 14.3. The highest BCUT2D eigenvalue weighted by atomic mass is 16.5. The molecule has 0 bridgehead atoms. The van der Waals surface area contributed by atoms with Crippen LogP contribution in [0.5, 0.6) is 5.75 Å². The molecule has 0 heterocycles. The number of ether oxygens (including phenoxy) is 1. The van der Waals surface area contributed by atoms with E-state index in [1.807, 2.05) is 6.92 Å². The second-order valence-corrected chi connectivity index (χ2v) is 4.13. The number of hydrogen-bond donors (Lipinski definition) is 2. The maximum Gasteiger partial charge on any atom is 0.254 e. The second-order valence-electron chi connectivity index (χ2n) is 4.13. The van der Waals surface area contributed by atoms with Gasteiger partial charge in [-0.3, -0.25) is 4.79 Å². The highest BCUT2D eigenvalue weighted by Gasteiger charge is 2.13. The number of nitrogens with zero attached hydrogens (tertiary/aromatic N) is 2. The van der Waals surface area contributed by atoms with E-state index >= 15 is 0 Å². The minimum Gasteiger partial charge on any atom is -0.494 e. The molecule has 1 aromatic rings. The normalized spacial score (nSPS) is 11.2. The molecule has 0 saturated carbocycles. The van der Waals surface area contributed by atoms with Gasteiger partial charge in [-0.1, -0.05) is 18.1 Å². The standard InChI is InChI=1S/C13H19N3O3/c1-3-7-19-11-6-4-5-10(8-11)13(17)16(2)9-12(14)15-18/h4-6,8,18H,3,7,9H2,1-2H3,(H2,14,15). The van der Waals surface area contributed by atoms with Crippen LogP contribution in [0.1, 0.15) is 23.7 Å². The van der Waals surface area contributed by atoms with Crippen LogP contribution in [0, 0.1) is 0 Å². The Morgan fingerprint density at radius 2 is 2.26 bits per heavy atom. The SMILES string of the molecule is CCCOc1cccc(C(=O)N(C)CC(N)=NO)c1.